The van der Waals surface area contributed by atoms with E-state index < -0.39 is 67.4 Å². The number of aliphatic hydroxyl groups excluding tert-OH is 5. The van der Waals surface area contributed by atoms with Crippen LogP contribution in [0.15, 0.2) is 24.3 Å². The quantitative estimate of drug-likeness (QED) is 0.0195. The van der Waals surface area contributed by atoms with Crippen LogP contribution in [0.5, 0.6) is 0 Å². The molecule has 1 aliphatic heterocycles. The van der Waals surface area contributed by atoms with E-state index in [4.69, 9.17) is 14.2 Å². The smallest absolute Gasteiger partial charge is 0.306 e. The molecule has 11 heteroatoms. The van der Waals surface area contributed by atoms with Crippen LogP contribution in [-0.2, 0) is 23.8 Å². The first-order valence-corrected chi connectivity index (χ1v) is 30.6. The highest BCUT2D eigenvalue weighted by molar-refractivity contribution is 5.80. The number of aliphatic hydroxyl groups is 5. The van der Waals surface area contributed by atoms with E-state index in [0.717, 1.165) is 57.8 Å². The molecule has 72 heavy (non-hydrogen) atoms. The predicted molar refractivity (Wildman–Crippen MR) is 297 cm³/mol. The summed E-state index contributed by atoms with van der Waals surface area (Å²) in [5.41, 5.74) is 0. The lowest BCUT2D eigenvalue weighted by Gasteiger charge is -2.41. The molecule has 1 saturated heterocycles. The van der Waals surface area contributed by atoms with Crippen molar-refractivity contribution in [2.24, 2.45) is 0 Å². The van der Waals surface area contributed by atoms with E-state index in [1.807, 2.05) is 6.08 Å². The van der Waals surface area contributed by atoms with E-state index in [-0.39, 0.29) is 19.4 Å². The molecule has 8 atom stereocenters. The third-order valence-corrected chi connectivity index (χ3v) is 14.6. The van der Waals surface area contributed by atoms with Crippen molar-refractivity contribution in [3.8, 4) is 0 Å². The van der Waals surface area contributed by atoms with Crippen LogP contribution >= 0.6 is 0 Å². The minimum Gasteiger partial charge on any atom is -0.454 e. The Hall–Kier alpha value is -1.86. The van der Waals surface area contributed by atoms with E-state index in [1.54, 1.807) is 6.08 Å². The van der Waals surface area contributed by atoms with Crippen molar-refractivity contribution >= 4 is 11.9 Å². The summed E-state index contributed by atoms with van der Waals surface area (Å²) in [5, 5.41) is 56.9. The van der Waals surface area contributed by atoms with Gasteiger partial charge in [-0.05, 0) is 51.4 Å². The highest BCUT2D eigenvalue weighted by atomic mass is 16.7. The van der Waals surface area contributed by atoms with Gasteiger partial charge in [-0.25, -0.2) is 0 Å². The fraction of sp³-hybridized carbons (Fsp3) is 0.902. The van der Waals surface area contributed by atoms with Gasteiger partial charge in [-0.15, -0.1) is 0 Å². The first-order chi connectivity index (χ1) is 35.2. The van der Waals surface area contributed by atoms with Gasteiger partial charge in [-0.2, -0.15) is 0 Å². The van der Waals surface area contributed by atoms with E-state index in [2.05, 4.69) is 38.2 Å². The minimum absolute atomic E-state index is 0.128. The number of allylic oxidation sites excluding steroid dienone is 3. The third-order valence-electron chi connectivity index (χ3n) is 14.6. The molecule has 11 nitrogen and oxygen atoms in total. The molecule has 0 aromatic rings. The van der Waals surface area contributed by atoms with Crippen LogP contribution in [0, 0.1) is 0 Å². The fourth-order valence-electron chi connectivity index (χ4n) is 9.71. The number of hydrogen-bond acceptors (Lipinski definition) is 10. The van der Waals surface area contributed by atoms with Gasteiger partial charge in [-0.3, -0.25) is 9.59 Å². The second-order valence-electron chi connectivity index (χ2n) is 21.4. The topological polar surface area (TPSA) is 175 Å². The average molecular weight is 1020 g/mol. The van der Waals surface area contributed by atoms with Crippen LogP contribution in [0.4, 0.5) is 0 Å². The molecule has 0 bridgehead atoms. The van der Waals surface area contributed by atoms with Gasteiger partial charge in [0.2, 0.25) is 5.91 Å². The summed E-state index contributed by atoms with van der Waals surface area (Å²) in [7, 11) is 0. The first kappa shape index (κ1) is 68.2. The van der Waals surface area contributed by atoms with Crippen LogP contribution in [0.1, 0.15) is 290 Å². The lowest BCUT2D eigenvalue weighted by atomic mass is 9.99. The Morgan fingerprint density at radius 1 is 0.528 bits per heavy atom. The first-order valence-electron chi connectivity index (χ1n) is 30.6. The van der Waals surface area contributed by atoms with E-state index in [9.17, 15) is 35.1 Å². The number of carbonyl (C=O) groups excluding carboxylic acids is 2. The van der Waals surface area contributed by atoms with E-state index >= 15 is 0 Å². The summed E-state index contributed by atoms with van der Waals surface area (Å²) in [6, 6.07) is -1.03. The normalized spacial score (nSPS) is 19.6. The minimum atomic E-state index is -1.61. The summed E-state index contributed by atoms with van der Waals surface area (Å²) >= 11 is 0. The summed E-state index contributed by atoms with van der Waals surface area (Å²) in [5.74, 6) is -1.20. The molecule has 0 aliphatic carbocycles. The summed E-state index contributed by atoms with van der Waals surface area (Å²) in [6.45, 7) is 5.79. The Bertz CT molecular complexity index is 1270. The molecule has 0 saturated carbocycles. The predicted octanol–water partition coefficient (Wildman–Crippen LogP) is 14.1. The Labute approximate surface area is 441 Å². The van der Waals surface area contributed by atoms with Gasteiger partial charge in [0.05, 0.1) is 25.4 Å². The molecule has 0 spiro atoms. The fourth-order valence-corrected chi connectivity index (χ4v) is 9.71. The number of esters is 1. The highest BCUT2D eigenvalue weighted by Gasteiger charge is 2.47. The van der Waals surface area contributed by atoms with Crippen molar-refractivity contribution in [1.29, 1.82) is 0 Å². The standard InChI is InChI=1S/C61H115NO10/c1-4-7-10-13-16-19-22-25-26-27-28-31-34-37-40-43-46-49-56(66)72-59-58(68)57(67)55(50-63)71-61(59)70-51-52(53(64)47-44-41-38-35-32-29-23-20-17-14-11-8-5-2)62-60(69)54(65)48-45-42-39-36-33-30-24-21-18-15-12-9-6-3/h33,36,44,47,52-55,57-59,61,63-65,67-68H,4-32,34-35,37-43,45-46,48-51H2,1-3H3,(H,62,69)/b36-33-,47-44+. The molecule has 424 valence electrons. The molecule has 1 aliphatic rings. The molecule has 1 rings (SSSR count). The summed E-state index contributed by atoms with van der Waals surface area (Å²) in [6.07, 6.45) is 46.5. The third kappa shape index (κ3) is 37.8. The zero-order valence-corrected chi connectivity index (χ0v) is 46.8. The van der Waals surface area contributed by atoms with Crippen LogP contribution < -0.4 is 5.32 Å². The Morgan fingerprint density at radius 3 is 1.35 bits per heavy atom. The number of rotatable bonds is 52. The van der Waals surface area contributed by atoms with Gasteiger partial charge >= 0.3 is 5.97 Å². The number of amides is 1. The maximum atomic E-state index is 13.4. The summed E-state index contributed by atoms with van der Waals surface area (Å²) < 4.78 is 17.6. The molecular formula is C61H115NO10. The maximum Gasteiger partial charge on any atom is 0.306 e. The van der Waals surface area contributed by atoms with Crippen molar-refractivity contribution in [3.63, 3.8) is 0 Å². The molecule has 0 aromatic carbocycles. The zero-order chi connectivity index (χ0) is 52.5. The van der Waals surface area contributed by atoms with Crippen LogP contribution in [-0.4, -0.2) is 99.6 Å². The maximum absolute atomic E-state index is 13.4. The monoisotopic (exact) mass is 1020 g/mol. The SMILES string of the molecule is CCCCCCCCC/C=C\CCCCC(O)C(=O)NC(COC1OC(CO)C(O)C(O)C1OC(=O)CCCCCCCCCCCCCCCCCCC)C(O)/C=C/CCCCCCCCCCCCC. The largest absolute Gasteiger partial charge is 0.454 e. The van der Waals surface area contributed by atoms with Crippen molar-refractivity contribution in [1.82, 2.24) is 5.32 Å². The number of ether oxygens (including phenoxy) is 3. The molecule has 0 radical (unpaired) electrons. The lowest BCUT2D eigenvalue weighted by molar-refractivity contribution is -0.305. The molecular weight excluding hydrogens is 907 g/mol. The van der Waals surface area contributed by atoms with Gasteiger partial charge in [0, 0.05) is 6.42 Å². The zero-order valence-electron chi connectivity index (χ0n) is 46.8. The van der Waals surface area contributed by atoms with E-state index in [0.29, 0.717) is 12.8 Å². The average Bonchev–Trinajstić information content (AvgIpc) is 3.38. The second-order valence-corrected chi connectivity index (χ2v) is 21.4. The molecule has 1 heterocycles. The number of carbonyl (C=O) groups is 2. The summed E-state index contributed by atoms with van der Waals surface area (Å²) in [4.78, 5) is 26.5. The van der Waals surface area contributed by atoms with Gasteiger partial charge in [0.1, 0.15) is 24.4 Å². The Kier molecular flexibility index (Phi) is 47.3. The van der Waals surface area contributed by atoms with Crippen molar-refractivity contribution in [2.45, 2.75) is 339 Å². The molecule has 1 amide bonds. The lowest BCUT2D eigenvalue weighted by Crippen LogP contribution is -2.61. The second kappa shape index (κ2) is 50.0. The van der Waals surface area contributed by atoms with Crippen molar-refractivity contribution in [2.75, 3.05) is 13.2 Å². The number of hydrogen-bond donors (Lipinski definition) is 6. The van der Waals surface area contributed by atoms with Crippen LogP contribution in [0.2, 0.25) is 0 Å². The van der Waals surface area contributed by atoms with Gasteiger partial charge in [-0.1, -0.05) is 257 Å². The van der Waals surface area contributed by atoms with Crippen molar-refractivity contribution < 1.29 is 49.3 Å². The molecule has 8 unspecified atom stereocenters. The Morgan fingerprint density at radius 2 is 0.917 bits per heavy atom. The Balaban J connectivity index is 2.70. The van der Waals surface area contributed by atoms with Crippen LogP contribution in [0.3, 0.4) is 0 Å². The van der Waals surface area contributed by atoms with E-state index in [1.165, 1.54) is 186 Å². The van der Waals surface area contributed by atoms with Gasteiger partial charge in [0.15, 0.2) is 12.4 Å². The van der Waals surface area contributed by atoms with Gasteiger partial charge in [0.25, 0.3) is 0 Å². The van der Waals surface area contributed by atoms with Gasteiger partial charge < -0.3 is 45.1 Å². The number of unbranched alkanes of at least 4 members (excludes halogenated alkanes) is 36. The molecule has 0 aromatic heterocycles. The van der Waals surface area contributed by atoms with Crippen molar-refractivity contribution in [3.05, 3.63) is 24.3 Å². The van der Waals surface area contributed by atoms with Crippen LogP contribution in [0.25, 0.3) is 0 Å². The molecule has 6 N–H and O–H groups in total. The highest BCUT2D eigenvalue weighted by Crippen LogP contribution is 2.26. The number of nitrogens with one attached hydrogen (secondary N) is 1. The molecule has 1 fully saturated rings.